The highest BCUT2D eigenvalue weighted by molar-refractivity contribution is 6.42. The molecule has 0 aliphatic rings. The van der Waals surface area contributed by atoms with Crippen LogP contribution >= 0.6 is 23.2 Å². The summed E-state index contributed by atoms with van der Waals surface area (Å²) in [6, 6.07) is 10.7. The first-order chi connectivity index (χ1) is 20.7. The van der Waals surface area contributed by atoms with Gasteiger partial charge in [-0.3, -0.25) is 0 Å². The van der Waals surface area contributed by atoms with E-state index in [0.717, 1.165) is 34.2 Å². The molecule has 0 bridgehead atoms. The van der Waals surface area contributed by atoms with E-state index in [1.54, 1.807) is 25.3 Å². The molecule has 0 saturated heterocycles. The lowest BCUT2D eigenvalue weighted by Crippen LogP contribution is -2.33. The van der Waals surface area contributed by atoms with Crippen molar-refractivity contribution in [3.05, 3.63) is 93.1 Å². The summed E-state index contributed by atoms with van der Waals surface area (Å²) in [5.74, 6) is 0.439. The van der Waals surface area contributed by atoms with Crippen molar-refractivity contribution < 1.29 is 35.9 Å². The summed E-state index contributed by atoms with van der Waals surface area (Å²) in [4.78, 5) is 15.8. The van der Waals surface area contributed by atoms with Gasteiger partial charge in [-0.05, 0) is 85.6 Å². The van der Waals surface area contributed by atoms with Gasteiger partial charge in [0.25, 0.3) is 0 Å². The van der Waals surface area contributed by atoms with Crippen LogP contribution in [0.25, 0.3) is 10.9 Å². The van der Waals surface area contributed by atoms with Crippen LogP contribution in [0, 0.1) is 0 Å². The molecule has 2 amide bonds. The average molecular weight is 661 g/mol. The first kappa shape index (κ1) is 33.3. The van der Waals surface area contributed by atoms with E-state index >= 15 is 0 Å². The Morgan fingerprint density at radius 1 is 0.909 bits per heavy atom. The van der Waals surface area contributed by atoms with Crippen LogP contribution in [-0.2, 0) is 18.8 Å². The third-order valence-electron chi connectivity index (χ3n) is 6.98. The standard InChI is InChI=1S/C30H28Cl2F6N4O2/c1-44-23-3-5-27-24(14-23)19(16-40-27)7-9-39-8-6-18(17-2-4-25(31)26(32)10-17)15-41-28(43)42-22-12-20(29(33,34)35)11-21(13-22)30(36,37)38/h2-5,10-14,16,18,39-40H,6-9,15H2,1H3,(H2,41,42,43). The molecule has 0 spiro atoms. The Morgan fingerprint density at radius 3 is 2.25 bits per heavy atom. The van der Waals surface area contributed by atoms with Crippen molar-refractivity contribution in [2.24, 2.45) is 0 Å². The molecule has 4 aromatic rings. The van der Waals surface area contributed by atoms with Gasteiger partial charge in [0.15, 0.2) is 0 Å². The molecule has 14 heteroatoms. The summed E-state index contributed by atoms with van der Waals surface area (Å²) >= 11 is 12.3. The molecule has 236 valence electrons. The van der Waals surface area contributed by atoms with Crippen LogP contribution in [0.1, 0.15) is 34.6 Å². The minimum atomic E-state index is -5.04. The molecule has 0 aliphatic carbocycles. The van der Waals surface area contributed by atoms with Crippen molar-refractivity contribution in [3.63, 3.8) is 0 Å². The molecule has 1 heterocycles. The maximum Gasteiger partial charge on any atom is 0.416 e. The van der Waals surface area contributed by atoms with E-state index in [2.05, 4.69) is 20.9 Å². The maximum atomic E-state index is 13.2. The number of hydrogen-bond acceptors (Lipinski definition) is 3. The second-order valence-electron chi connectivity index (χ2n) is 10.0. The zero-order chi connectivity index (χ0) is 32.1. The average Bonchev–Trinajstić information content (AvgIpc) is 3.37. The molecule has 1 atom stereocenters. The molecule has 1 unspecified atom stereocenters. The van der Waals surface area contributed by atoms with E-state index in [0.29, 0.717) is 41.7 Å². The number of H-pyrrole nitrogens is 1. The number of ether oxygens (including phenoxy) is 1. The molecule has 0 fully saturated rings. The first-order valence-electron chi connectivity index (χ1n) is 13.4. The number of fused-ring (bicyclic) bond motifs is 1. The molecule has 6 nitrogen and oxygen atoms in total. The second kappa shape index (κ2) is 14.0. The van der Waals surface area contributed by atoms with Crippen LogP contribution in [0.15, 0.2) is 60.8 Å². The van der Waals surface area contributed by atoms with Gasteiger partial charge in [-0.15, -0.1) is 0 Å². The number of alkyl halides is 6. The van der Waals surface area contributed by atoms with Gasteiger partial charge in [0.05, 0.1) is 28.3 Å². The van der Waals surface area contributed by atoms with E-state index in [9.17, 15) is 31.1 Å². The number of benzene rings is 3. The molecule has 4 rings (SSSR count). The molecule has 4 N–H and O–H groups in total. The normalized spacial score (nSPS) is 12.8. The van der Waals surface area contributed by atoms with Crippen molar-refractivity contribution in [1.82, 2.24) is 15.6 Å². The number of amides is 2. The Kier molecular flexibility index (Phi) is 10.6. The number of urea groups is 1. The largest absolute Gasteiger partial charge is 0.497 e. The van der Waals surface area contributed by atoms with Crippen LogP contribution in [-0.4, -0.2) is 37.8 Å². The van der Waals surface area contributed by atoms with Crippen molar-refractivity contribution >= 4 is 45.8 Å². The first-order valence-corrected chi connectivity index (χ1v) is 14.1. The summed E-state index contributed by atoms with van der Waals surface area (Å²) in [7, 11) is 1.60. The predicted molar refractivity (Wildman–Crippen MR) is 159 cm³/mol. The lowest BCUT2D eigenvalue weighted by Gasteiger charge is -2.20. The summed E-state index contributed by atoms with van der Waals surface area (Å²) < 4.78 is 84.5. The molecular weight excluding hydrogens is 633 g/mol. The van der Waals surface area contributed by atoms with Crippen molar-refractivity contribution in [1.29, 1.82) is 0 Å². The molecular formula is C30H28Cl2F6N4O2. The van der Waals surface area contributed by atoms with Gasteiger partial charge < -0.3 is 25.7 Å². The Morgan fingerprint density at radius 2 is 1.61 bits per heavy atom. The van der Waals surface area contributed by atoms with Crippen molar-refractivity contribution in [2.75, 3.05) is 32.1 Å². The van der Waals surface area contributed by atoms with Gasteiger partial charge in [-0.2, -0.15) is 26.3 Å². The van der Waals surface area contributed by atoms with Gasteiger partial charge in [0, 0.05) is 35.2 Å². The lowest BCUT2D eigenvalue weighted by molar-refractivity contribution is -0.143. The molecule has 0 aliphatic heterocycles. The van der Waals surface area contributed by atoms with Gasteiger partial charge >= 0.3 is 18.4 Å². The summed E-state index contributed by atoms with van der Waals surface area (Å²) in [5, 5.41) is 9.67. The highest BCUT2D eigenvalue weighted by atomic mass is 35.5. The van der Waals surface area contributed by atoms with Crippen LogP contribution in [0.2, 0.25) is 10.0 Å². The summed E-state index contributed by atoms with van der Waals surface area (Å²) in [6.45, 7) is 1.19. The fourth-order valence-electron chi connectivity index (χ4n) is 4.69. The van der Waals surface area contributed by atoms with Crippen molar-refractivity contribution in [2.45, 2.75) is 31.1 Å². The van der Waals surface area contributed by atoms with E-state index in [4.69, 9.17) is 27.9 Å². The van der Waals surface area contributed by atoms with Crippen LogP contribution in [0.3, 0.4) is 0 Å². The highest BCUT2D eigenvalue weighted by Gasteiger charge is 2.37. The van der Waals surface area contributed by atoms with Gasteiger partial charge in [-0.1, -0.05) is 29.3 Å². The lowest BCUT2D eigenvalue weighted by atomic mass is 9.95. The predicted octanol–water partition coefficient (Wildman–Crippen LogP) is 8.65. The van der Waals surface area contributed by atoms with E-state index in [-0.39, 0.29) is 18.5 Å². The zero-order valence-corrected chi connectivity index (χ0v) is 24.7. The third kappa shape index (κ3) is 8.73. The second-order valence-corrected chi connectivity index (χ2v) is 10.8. The van der Waals surface area contributed by atoms with Crippen LogP contribution < -0.4 is 20.7 Å². The molecule has 0 radical (unpaired) electrons. The Bertz CT molecular complexity index is 1570. The maximum absolute atomic E-state index is 13.2. The fraction of sp³-hybridized carbons (Fsp3) is 0.300. The van der Waals surface area contributed by atoms with Crippen LogP contribution in [0.5, 0.6) is 5.75 Å². The smallest absolute Gasteiger partial charge is 0.416 e. The Balaban J connectivity index is 1.39. The minimum Gasteiger partial charge on any atom is -0.497 e. The van der Waals surface area contributed by atoms with E-state index in [1.807, 2.05) is 24.4 Å². The highest BCUT2D eigenvalue weighted by Crippen LogP contribution is 2.37. The Hall–Kier alpha value is -3.61. The number of rotatable bonds is 11. The number of carbonyl (C=O) groups excluding carboxylic acids is 1. The number of carbonyl (C=O) groups is 1. The number of hydrogen-bond donors (Lipinski definition) is 4. The number of anilines is 1. The quantitative estimate of drug-likeness (QED) is 0.0961. The van der Waals surface area contributed by atoms with Crippen molar-refractivity contribution in [3.8, 4) is 5.75 Å². The third-order valence-corrected chi connectivity index (χ3v) is 7.72. The van der Waals surface area contributed by atoms with Crippen LogP contribution in [0.4, 0.5) is 36.8 Å². The number of aromatic nitrogens is 1. The zero-order valence-electron chi connectivity index (χ0n) is 23.2. The Labute approximate surface area is 259 Å². The molecule has 44 heavy (non-hydrogen) atoms. The monoisotopic (exact) mass is 660 g/mol. The molecule has 0 saturated carbocycles. The number of methoxy groups -OCH3 is 1. The number of halogens is 8. The van der Waals surface area contributed by atoms with E-state index in [1.165, 1.54) is 0 Å². The number of aromatic amines is 1. The molecule has 3 aromatic carbocycles. The van der Waals surface area contributed by atoms with E-state index < -0.39 is 35.2 Å². The summed E-state index contributed by atoms with van der Waals surface area (Å²) in [5.41, 5.74) is -0.877. The SMILES string of the molecule is COc1ccc2[nH]cc(CCNCCC(CNC(=O)Nc3cc(C(F)(F)F)cc(C(F)(F)F)c3)c3ccc(Cl)c(Cl)c3)c2c1. The van der Waals surface area contributed by atoms with Gasteiger partial charge in [0.1, 0.15) is 5.75 Å². The van der Waals surface area contributed by atoms with Gasteiger partial charge in [-0.25, -0.2) is 4.79 Å². The number of nitrogens with one attached hydrogen (secondary N) is 4. The summed E-state index contributed by atoms with van der Waals surface area (Å²) in [6.07, 6.45) is -6.90. The minimum absolute atomic E-state index is 0.00817. The molecule has 1 aromatic heterocycles. The topological polar surface area (TPSA) is 78.2 Å². The van der Waals surface area contributed by atoms with Gasteiger partial charge in [0.2, 0.25) is 0 Å². The fourth-order valence-corrected chi connectivity index (χ4v) is 4.99.